The second-order valence-electron chi connectivity index (χ2n) is 15.1. The third kappa shape index (κ3) is 4.61. The molecule has 8 aromatic carbocycles. The van der Waals surface area contributed by atoms with Crippen molar-refractivity contribution >= 4 is 99.6 Å². The highest BCUT2D eigenvalue weighted by Crippen LogP contribution is 2.51. The molecule has 0 saturated heterocycles. The van der Waals surface area contributed by atoms with Crippen LogP contribution in [0.25, 0.3) is 65.5 Å². The molecule has 12 rings (SSSR count). The maximum Gasteiger partial charge on any atom is 0.0867 e. The molecule has 4 nitrogen and oxygen atoms in total. The Morgan fingerprint density at radius 1 is 0.448 bits per heavy atom. The van der Waals surface area contributed by atoms with Gasteiger partial charge in [0.15, 0.2) is 0 Å². The predicted octanol–water partition coefficient (Wildman–Crippen LogP) is 14.8. The van der Waals surface area contributed by atoms with Crippen molar-refractivity contribution in [3.63, 3.8) is 0 Å². The summed E-state index contributed by atoms with van der Waals surface area (Å²) in [5.41, 5.74) is 14.7. The zero-order valence-electron chi connectivity index (χ0n) is 31.4. The summed E-state index contributed by atoms with van der Waals surface area (Å²) >= 11 is 0. The molecule has 274 valence electrons. The number of halogens is 1. The molecule has 5 heteroatoms. The van der Waals surface area contributed by atoms with Gasteiger partial charge < -0.3 is 18.8 Å². The fourth-order valence-corrected chi connectivity index (χ4v) is 9.72. The van der Waals surface area contributed by atoms with Gasteiger partial charge >= 0.3 is 0 Å². The second-order valence-corrected chi connectivity index (χ2v) is 15.1. The smallest absolute Gasteiger partial charge is 0.0867 e. The number of nitrogens with zero attached hydrogens (tertiary/aromatic N) is 4. The lowest BCUT2D eigenvalue weighted by atomic mass is 9.99. The van der Waals surface area contributed by atoms with E-state index in [9.17, 15) is 4.39 Å². The van der Waals surface area contributed by atoms with E-state index in [0.717, 1.165) is 45.3 Å². The van der Waals surface area contributed by atoms with Crippen molar-refractivity contribution in [2.24, 2.45) is 0 Å². The fourth-order valence-electron chi connectivity index (χ4n) is 9.72. The Bertz CT molecular complexity index is 3340. The molecule has 0 spiro atoms. The second kappa shape index (κ2) is 12.7. The van der Waals surface area contributed by atoms with Crippen molar-refractivity contribution in [1.82, 2.24) is 8.97 Å². The number of hydrogen-bond acceptors (Lipinski definition) is 2. The van der Waals surface area contributed by atoms with Crippen molar-refractivity contribution < 1.29 is 4.39 Å². The van der Waals surface area contributed by atoms with Crippen LogP contribution in [0.1, 0.15) is 5.56 Å². The molecular formula is C53H35FN4. The van der Waals surface area contributed by atoms with Crippen molar-refractivity contribution in [1.29, 1.82) is 0 Å². The lowest BCUT2D eigenvalue weighted by Gasteiger charge is -2.27. The topological polar surface area (TPSA) is 15.8 Å². The molecule has 0 fully saturated rings. The zero-order chi connectivity index (χ0) is 38.3. The highest BCUT2D eigenvalue weighted by molar-refractivity contribution is 6.29. The van der Waals surface area contributed by atoms with Gasteiger partial charge in [0.2, 0.25) is 0 Å². The quantitative estimate of drug-likeness (QED) is 0.161. The molecule has 4 heterocycles. The summed E-state index contributed by atoms with van der Waals surface area (Å²) < 4.78 is 18.7. The molecule has 11 aromatic rings. The van der Waals surface area contributed by atoms with E-state index >= 15 is 0 Å². The standard InChI is InChI=1S/C53H35FN4/c54-31-15-16-35-34-55-48-32-44-41-28-30-47(57(38-21-9-3-10-22-38)39-23-11-4-12-24-39)51-42-25-13-14-26-45(42)58(53(41)51)49(44)33-43(48)40-27-29-46(50(35)52(40)55)56(36-17-5-1-6-18-36)37-19-7-2-8-20-37/h1-33H,34H2/b31-15-,35-16+. The number of hydrogen-bond donors (Lipinski definition) is 0. The first-order chi connectivity index (χ1) is 28.8. The Kier molecular flexibility index (Phi) is 7.14. The van der Waals surface area contributed by atoms with Gasteiger partial charge in [0, 0.05) is 67.2 Å². The molecular weight excluding hydrogens is 712 g/mol. The van der Waals surface area contributed by atoms with E-state index in [1.807, 2.05) is 18.2 Å². The Balaban J connectivity index is 1.15. The molecule has 0 unspecified atom stereocenters. The van der Waals surface area contributed by atoms with Gasteiger partial charge in [-0.25, -0.2) is 4.39 Å². The molecule has 0 aliphatic carbocycles. The Morgan fingerprint density at radius 3 is 1.55 bits per heavy atom. The molecule has 1 aliphatic heterocycles. The first-order valence-electron chi connectivity index (χ1n) is 19.7. The van der Waals surface area contributed by atoms with Gasteiger partial charge in [-0.3, -0.25) is 0 Å². The third-order valence-corrected chi connectivity index (χ3v) is 12.0. The first kappa shape index (κ1) is 32.6. The van der Waals surface area contributed by atoms with Crippen LogP contribution in [-0.4, -0.2) is 8.97 Å². The maximum absolute atomic E-state index is 13.7. The van der Waals surface area contributed by atoms with Crippen molar-refractivity contribution in [3.05, 3.63) is 206 Å². The van der Waals surface area contributed by atoms with E-state index in [1.165, 1.54) is 66.0 Å². The SMILES string of the molecule is F/C=C\C=C1/Cn2c3cc4c5ccc(N(c6ccccc6)c6ccccc6)c6c7ccccc7n(c4cc3c3ccc(N(c4ccccc4)c4ccccc4)c1c32)c56. The third-order valence-electron chi connectivity index (χ3n) is 12.0. The lowest BCUT2D eigenvalue weighted by molar-refractivity contribution is 0.721. The van der Waals surface area contributed by atoms with Crippen molar-refractivity contribution in [3.8, 4) is 0 Å². The Labute approximate surface area is 334 Å². The summed E-state index contributed by atoms with van der Waals surface area (Å²) in [4.78, 5) is 4.70. The molecule has 3 aromatic heterocycles. The number of aromatic nitrogens is 2. The number of fused-ring (bicyclic) bond motifs is 9. The largest absolute Gasteiger partial charge is 0.335 e. The normalized spacial score (nSPS) is 13.5. The number of para-hydroxylation sites is 5. The van der Waals surface area contributed by atoms with Crippen LogP contribution in [-0.2, 0) is 6.54 Å². The maximum atomic E-state index is 13.7. The van der Waals surface area contributed by atoms with E-state index in [1.54, 1.807) is 0 Å². The highest BCUT2D eigenvalue weighted by atomic mass is 19.1. The molecule has 0 bridgehead atoms. The van der Waals surface area contributed by atoms with E-state index < -0.39 is 0 Å². The fraction of sp³-hybridized carbons (Fsp3) is 0.0189. The van der Waals surface area contributed by atoms with Gasteiger partial charge in [0.25, 0.3) is 0 Å². The number of benzene rings is 8. The predicted molar refractivity (Wildman–Crippen MR) is 242 cm³/mol. The molecule has 0 radical (unpaired) electrons. The van der Waals surface area contributed by atoms with Gasteiger partial charge in [-0.15, -0.1) is 0 Å². The Morgan fingerprint density at radius 2 is 0.948 bits per heavy atom. The van der Waals surface area contributed by atoms with Gasteiger partial charge in [-0.1, -0.05) is 109 Å². The molecule has 0 saturated carbocycles. The summed E-state index contributed by atoms with van der Waals surface area (Å²) in [7, 11) is 0. The molecule has 0 amide bonds. The van der Waals surface area contributed by atoms with Crippen LogP contribution in [0.2, 0.25) is 0 Å². The average Bonchev–Trinajstić information content (AvgIpc) is 4.02. The van der Waals surface area contributed by atoms with Crippen LogP contribution >= 0.6 is 0 Å². The number of rotatable bonds is 7. The molecule has 58 heavy (non-hydrogen) atoms. The van der Waals surface area contributed by atoms with E-state index in [-0.39, 0.29) is 0 Å². The summed E-state index contributed by atoms with van der Waals surface area (Å²) in [5.74, 6) is 0. The van der Waals surface area contributed by atoms with Gasteiger partial charge in [0.1, 0.15) is 0 Å². The first-order valence-corrected chi connectivity index (χ1v) is 19.7. The zero-order valence-corrected chi connectivity index (χ0v) is 31.4. The average molecular weight is 747 g/mol. The highest BCUT2D eigenvalue weighted by Gasteiger charge is 2.30. The van der Waals surface area contributed by atoms with Crippen molar-refractivity contribution in [2.75, 3.05) is 9.80 Å². The van der Waals surface area contributed by atoms with Crippen LogP contribution in [0.3, 0.4) is 0 Å². The minimum Gasteiger partial charge on any atom is -0.335 e. The van der Waals surface area contributed by atoms with E-state index in [4.69, 9.17) is 0 Å². The summed E-state index contributed by atoms with van der Waals surface area (Å²) in [5, 5.41) is 7.30. The lowest BCUT2D eigenvalue weighted by Crippen LogP contribution is -2.11. The minimum atomic E-state index is 0.627. The molecule has 0 atom stereocenters. The summed E-state index contributed by atoms with van der Waals surface area (Å²) in [6.07, 6.45) is 4.08. The molecule has 1 aliphatic rings. The number of anilines is 6. The van der Waals surface area contributed by atoms with Crippen LogP contribution in [0, 0.1) is 0 Å². The summed E-state index contributed by atoms with van der Waals surface area (Å²) in [6, 6.07) is 65.1. The minimum absolute atomic E-state index is 0.627. The van der Waals surface area contributed by atoms with E-state index in [2.05, 4.69) is 189 Å². The van der Waals surface area contributed by atoms with Gasteiger partial charge in [-0.2, -0.15) is 0 Å². The Hall–Kier alpha value is -7.63. The van der Waals surface area contributed by atoms with Gasteiger partial charge in [-0.05, 0) is 90.5 Å². The van der Waals surface area contributed by atoms with Crippen LogP contribution in [0.5, 0.6) is 0 Å². The monoisotopic (exact) mass is 746 g/mol. The van der Waals surface area contributed by atoms with Crippen LogP contribution in [0.4, 0.5) is 38.5 Å². The van der Waals surface area contributed by atoms with Gasteiger partial charge in [0.05, 0.1) is 45.3 Å². The van der Waals surface area contributed by atoms with Crippen LogP contribution < -0.4 is 9.80 Å². The summed E-state index contributed by atoms with van der Waals surface area (Å²) in [6.45, 7) is 0.638. The van der Waals surface area contributed by atoms with Crippen molar-refractivity contribution in [2.45, 2.75) is 6.54 Å². The molecule has 0 N–H and O–H groups in total. The van der Waals surface area contributed by atoms with Crippen LogP contribution in [0.15, 0.2) is 200 Å². The van der Waals surface area contributed by atoms with E-state index in [0.29, 0.717) is 12.9 Å². The number of allylic oxidation sites excluding steroid dienone is 3.